The van der Waals surface area contributed by atoms with E-state index in [-0.39, 0.29) is 29.1 Å². The van der Waals surface area contributed by atoms with Crippen LogP contribution < -0.4 is 4.72 Å². The first-order valence-corrected chi connectivity index (χ1v) is 13.5. The van der Waals surface area contributed by atoms with Crippen LogP contribution in [0.25, 0.3) is 0 Å². The molecular formula is C26H35N3O4S. The fourth-order valence-electron chi connectivity index (χ4n) is 4.99. The number of nitrogens with one attached hydrogen (secondary N) is 1. The van der Waals surface area contributed by atoms with Gasteiger partial charge in [-0.15, -0.1) is 0 Å². The van der Waals surface area contributed by atoms with Gasteiger partial charge in [0, 0.05) is 43.5 Å². The second kappa shape index (κ2) is 10.1. The highest BCUT2D eigenvalue weighted by atomic mass is 32.2. The highest BCUT2D eigenvalue weighted by molar-refractivity contribution is 7.92. The van der Waals surface area contributed by atoms with Gasteiger partial charge in [-0.05, 0) is 88.1 Å². The molecule has 2 aliphatic heterocycles. The van der Waals surface area contributed by atoms with Gasteiger partial charge in [0.15, 0.2) is 0 Å². The van der Waals surface area contributed by atoms with Crippen LogP contribution in [0.3, 0.4) is 0 Å². The van der Waals surface area contributed by atoms with Crippen molar-refractivity contribution < 1.29 is 17.9 Å². The maximum Gasteiger partial charge on any atom is 0.261 e. The fourth-order valence-corrected chi connectivity index (χ4v) is 6.04. The second-order valence-electron chi connectivity index (χ2n) is 9.70. The lowest BCUT2D eigenvalue weighted by atomic mass is 10.1. The number of rotatable bonds is 6. The predicted octanol–water partition coefficient (Wildman–Crippen LogP) is 3.82. The van der Waals surface area contributed by atoms with Gasteiger partial charge in [0.1, 0.15) is 0 Å². The van der Waals surface area contributed by atoms with Crippen molar-refractivity contribution >= 4 is 21.6 Å². The molecule has 0 aromatic heterocycles. The third-order valence-corrected chi connectivity index (χ3v) is 8.17. The number of morpholine rings is 1. The second-order valence-corrected chi connectivity index (χ2v) is 11.4. The zero-order valence-electron chi connectivity index (χ0n) is 20.5. The van der Waals surface area contributed by atoms with Gasteiger partial charge in [0.05, 0.1) is 17.1 Å². The summed E-state index contributed by atoms with van der Waals surface area (Å²) < 4.78 is 34.1. The SMILES string of the molecule is Cc1ccc(NS(=O)(=O)c2ccc(C(=O)N3CCCC3CN3CC(C)OC(C)C3)cc2)cc1C. The maximum absolute atomic E-state index is 13.3. The number of carbonyl (C=O) groups is 1. The summed E-state index contributed by atoms with van der Waals surface area (Å²) >= 11 is 0. The van der Waals surface area contributed by atoms with Crippen molar-refractivity contribution in [2.45, 2.75) is 63.7 Å². The normalized spacial score (nSPS) is 23.8. The van der Waals surface area contributed by atoms with Crippen LogP contribution in [-0.4, -0.2) is 68.6 Å². The number of nitrogens with zero attached hydrogens (tertiary/aromatic N) is 2. The van der Waals surface area contributed by atoms with Gasteiger partial charge < -0.3 is 9.64 Å². The highest BCUT2D eigenvalue weighted by Crippen LogP contribution is 2.24. The minimum Gasteiger partial charge on any atom is -0.373 e. The lowest BCUT2D eigenvalue weighted by Gasteiger charge is -2.38. The Morgan fingerprint density at radius 1 is 1.03 bits per heavy atom. The van der Waals surface area contributed by atoms with E-state index in [9.17, 15) is 13.2 Å². The van der Waals surface area contributed by atoms with Gasteiger partial charge in [-0.2, -0.15) is 0 Å². The summed E-state index contributed by atoms with van der Waals surface area (Å²) in [7, 11) is -3.74. The minimum atomic E-state index is -3.74. The van der Waals surface area contributed by atoms with Crippen molar-refractivity contribution in [3.8, 4) is 0 Å². The van der Waals surface area contributed by atoms with E-state index in [0.717, 1.165) is 50.1 Å². The van der Waals surface area contributed by atoms with E-state index in [4.69, 9.17) is 4.74 Å². The molecule has 34 heavy (non-hydrogen) atoms. The van der Waals surface area contributed by atoms with E-state index in [1.54, 1.807) is 18.2 Å². The molecule has 2 aromatic rings. The van der Waals surface area contributed by atoms with E-state index in [1.165, 1.54) is 12.1 Å². The van der Waals surface area contributed by atoms with E-state index in [1.807, 2.05) is 30.9 Å². The summed E-state index contributed by atoms with van der Waals surface area (Å²) in [6.45, 7) is 11.4. The standard InChI is InChI=1S/C26H35N3O4S/c1-18-7-10-23(14-19(18)2)27-34(31,32)25-11-8-22(9-12-25)26(30)29-13-5-6-24(29)17-28-15-20(3)33-21(4)16-28/h7-12,14,20-21,24,27H,5-6,13,15-17H2,1-4H3. The molecule has 3 atom stereocenters. The number of hydrogen-bond donors (Lipinski definition) is 1. The lowest BCUT2D eigenvalue weighted by molar-refractivity contribution is -0.0715. The topological polar surface area (TPSA) is 79.0 Å². The quantitative estimate of drug-likeness (QED) is 0.673. The van der Waals surface area contributed by atoms with Crippen molar-refractivity contribution in [1.82, 2.24) is 9.80 Å². The summed E-state index contributed by atoms with van der Waals surface area (Å²) in [4.78, 5) is 17.7. The Morgan fingerprint density at radius 2 is 1.71 bits per heavy atom. The van der Waals surface area contributed by atoms with Crippen molar-refractivity contribution in [2.75, 3.05) is 30.9 Å². The third-order valence-electron chi connectivity index (χ3n) is 6.77. The average molecular weight is 486 g/mol. The van der Waals surface area contributed by atoms with Crippen LogP contribution in [0.5, 0.6) is 0 Å². The molecule has 0 radical (unpaired) electrons. The number of sulfonamides is 1. The zero-order chi connectivity index (χ0) is 24.5. The zero-order valence-corrected chi connectivity index (χ0v) is 21.3. The number of carbonyl (C=O) groups excluding carboxylic acids is 1. The molecule has 2 heterocycles. The Bertz CT molecular complexity index is 1120. The molecule has 2 aliphatic rings. The molecule has 3 unspecified atom stereocenters. The molecule has 2 saturated heterocycles. The number of anilines is 1. The van der Waals surface area contributed by atoms with Gasteiger partial charge in [-0.3, -0.25) is 14.4 Å². The highest BCUT2D eigenvalue weighted by Gasteiger charge is 2.33. The van der Waals surface area contributed by atoms with Crippen LogP contribution in [0.2, 0.25) is 0 Å². The molecular weight excluding hydrogens is 450 g/mol. The average Bonchev–Trinajstić information content (AvgIpc) is 3.23. The fraction of sp³-hybridized carbons (Fsp3) is 0.500. The van der Waals surface area contributed by atoms with Crippen LogP contribution >= 0.6 is 0 Å². The molecule has 184 valence electrons. The van der Waals surface area contributed by atoms with Crippen LogP contribution in [-0.2, 0) is 14.8 Å². The number of aryl methyl sites for hydroxylation is 2. The Kier molecular flexibility index (Phi) is 7.31. The first kappa shape index (κ1) is 24.7. The molecule has 7 nitrogen and oxygen atoms in total. The van der Waals surface area contributed by atoms with Gasteiger partial charge >= 0.3 is 0 Å². The molecule has 4 rings (SSSR count). The Hall–Kier alpha value is -2.42. The summed E-state index contributed by atoms with van der Waals surface area (Å²) in [5.74, 6) is -0.0390. The molecule has 0 aliphatic carbocycles. The van der Waals surface area contributed by atoms with E-state index in [0.29, 0.717) is 11.3 Å². The van der Waals surface area contributed by atoms with Crippen molar-refractivity contribution in [2.24, 2.45) is 0 Å². The van der Waals surface area contributed by atoms with Gasteiger partial charge in [-0.1, -0.05) is 6.07 Å². The molecule has 0 saturated carbocycles. The van der Waals surface area contributed by atoms with Crippen LogP contribution in [0, 0.1) is 13.8 Å². The number of ether oxygens (including phenoxy) is 1. The Labute approximate surface area is 203 Å². The number of benzene rings is 2. The third kappa shape index (κ3) is 5.62. The summed E-state index contributed by atoms with van der Waals surface area (Å²) in [6.07, 6.45) is 2.36. The molecule has 2 aromatic carbocycles. The van der Waals surface area contributed by atoms with Gasteiger partial charge in [0.25, 0.3) is 15.9 Å². The van der Waals surface area contributed by atoms with Gasteiger partial charge in [0.2, 0.25) is 0 Å². The lowest BCUT2D eigenvalue weighted by Crippen LogP contribution is -2.50. The molecule has 1 N–H and O–H groups in total. The van der Waals surface area contributed by atoms with Crippen molar-refractivity contribution in [3.63, 3.8) is 0 Å². The maximum atomic E-state index is 13.3. The van der Waals surface area contributed by atoms with Crippen molar-refractivity contribution in [3.05, 3.63) is 59.2 Å². The van der Waals surface area contributed by atoms with E-state index >= 15 is 0 Å². The van der Waals surface area contributed by atoms with Crippen LogP contribution in [0.15, 0.2) is 47.4 Å². The first-order chi connectivity index (χ1) is 16.1. The number of hydrogen-bond acceptors (Lipinski definition) is 5. The Balaban J connectivity index is 1.43. The first-order valence-electron chi connectivity index (χ1n) is 12.0. The molecule has 0 bridgehead atoms. The summed E-state index contributed by atoms with van der Waals surface area (Å²) in [5.41, 5.74) is 3.15. The minimum absolute atomic E-state index is 0.0390. The Morgan fingerprint density at radius 3 is 2.35 bits per heavy atom. The molecule has 0 spiro atoms. The van der Waals surface area contributed by atoms with E-state index in [2.05, 4.69) is 23.5 Å². The van der Waals surface area contributed by atoms with Crippen LogP contribution in [0.1, 0.15) is 48.2 Å². The van der Waals surface area contributed by atoms with Crippen LogP contribution in [0.4, 0.5) is 5.69 Å². The molecule has 1 amide bonds. The number of amides is 1. The summed E-state index contributed by atoms with van der Waals surface area (Å²) in [5, 5.41) is 0. The summed E-state index contributed by atoms with van der Waals surface area (Å²) in [6, 6.07) is 11.9. The monoisotopic (exact) mass is 485 g/mol. The molecule has 2 fully saturated rings. The van der Waals surface area contributed by atoms with Crippen molar-refractivity contribution in [1.29, 1.82) is 0 Å². The smallest absolute Gasteiger partial charge is 0.261 e. The van der Waals surface area contributed by atoms with Gasteiger partial charge in [-0.25, -0.2) is 8.42 Å². The predicted molar refractivity (Wildman–Crippen MR) is 134 cm³/mol. The number of likely N-dealkylation sites (tertiary alicyclic amines) is 1. The van der Waals surface area contributed by atoms with E-state index < -0.39 is 10.0 Å². The largest absolute Gasteiger partial charge is 0.373 e. The molecule has 8 heteroatoms.